The number of hydrogen-bond acceptors (Lipinski definition) is 3. The Balaban J connectivity index is 1.72. The van der Waals surface area contributed by atoms with E-state index in [2.05, 4.69) is 29.8 Å². The van der Waals surface area contributed by atoms with E-state index in [-0.39, 0.29) is 0 Å². The maximum absolute atomic E-state index is 12.3. The van der Waals surface area contributed by atoms with Crippen molar-refractivity contribution in [3.05, 3.63) is 22.4 Å². The standard InChI is InChI=1S/C16H26N2OS/c1-13(14-5-8-17-9-6-14)12-16(19)18(2)10-7-15-4-3-11-20-15/h3-4,11,13-14,17H,5-10,12H2,1-2H3. The molecule has 1 aromatic heterocycles. The number of carbonyl (C=O) groups excluding carboxylic acids is 1. The van der Waals surface area contributed by atoms with Crippen molar-refractivity contribution in [2.75, 3.05) is 26.7 Å². The quantitative estimate of drug-likeness (QED) is 0.875. The van der Waals surface area contributed by atoms with Gasteiger partial charge >= 0.3 is 0 Å². The fourth-order valence-electron chi connectivity index (χ4n) is 2.87. The van der Waals surface area contributed by atoms with Crippen molar-refractivity contribution >= 4 is 17.2 Å². The Morgan fingerprint density at radius 1 is 1.50 bits per heavy atom. The zero-order valence-corrected chi connectivity index (χ0v) is 13.4. The van der Waals surface area contributed by atoms with E-state index in [1.165, 1.54) is 17.7 Å². The lowest BCUT2D eigenvalue weighted by molar-refractivity contribution is -0.131. The van der Waals surface area contributed by atoms with E-state index in [1.807, 2.05) is 11.9 Å². The predicted octanol–water partition coefficient (Wildman–Crippen LogP) is 2.77. The van der Waals surface area contributed by atoms with Crippen molar-refractivity contribution in [3.63, 3.8) is 0 Å². The summed E-state index contributed by atoms with van der Waals surface area (Å²) in [5.41, 5.74) is 0. The molecule has 1 fully saturated rings. The number of thiophene rings is 1. The Morgan fingerprint density at radius 2 is 2.25 bits per heavy atom. The molecule has 4 heteroatoms. The minimum absolute atomic E-state index is 0.299. The highest BCUT2D eigenvalue weighted by Gasteiger charge is 2.23. The number of amides is 1. The van der Waals surface area contributed by atoms with Crippen molar-refractivity contribution in [2.45, 2.75) is 32.6 Å². The molecule has 2 heterocycles. The Morgan fingerprint density at radius 3 is 2.90 bits per heavy atom. The second-order valence-corrected chi connectivity index (χ2v) is 6.95. The largest absolute Gasteiger partial charge is 0.345 e. The van der Waals surface area contributed by atoms with Crippen LogP contribution in [0.2, 0.25) is 0 Å². The molecule has 1 aliphatic heterocycles. The average Bonchev–Trinajstić information content (AvgIpc) is 2.98. The Bertz CT molecular complexity index is 399. The SMILES string of the molecule is CC(CC(=O)N(C)CCc1cccs1)C1CCNCC1. The van der Waals surface area contributed by atoms with Gasteiger partial charge in [-0.2, -0.15) is 0 Å². The lowest BCUT2D eigenvalue weighted by Crippen LogP contribution is -2.34. The molecule has 3 nitrogen and oxygen atoms in total. The minimum atomic E-state index is 0.299. The lowest BCUT2D eigenvalue weighted by atomic mass is 9.84. The topological polar surface area (TPSA) is 32.3 Å². The first-order chi connectivity index (χ1) is 9.66. The van der Waals surface area contributed by atoms with Gasteiger partial charge in [0.1, 0.15) is 0 Å². The molecule has 20 heavy (non-hydrogen) atoms. The molecule has 1 atom stereocenters. The summed E-state index contributed by atoms with van der Waals surface area (Å²) in [5.74, 6) is 1.52. The van der Waals surface area contributed by atoms with Crippen LogP contribution in [0.5, 0.6) is 0 Å². The van der Waals surface area contributed by atoms with E-state index >= 15 is 0 Å². The van der Waals surface area contributed by atoms with Crippen LogP contribution in [0.3, 0.4) is 0 Å². The van der Waals surface area contributed by atoms with Gasteiger partial charge in [-0.3, -0.25) is 4.79 Å². The Labute approximate surface area is 126 Å². The molecule has 112 valence electrons. The van der Waals surface area contributed by atoms with Gasteiger partial charge in [0.25, 0.3) is 0 Å². The first kappa shape index (κ1) is 15.5. The number of carbonyl (C=O) groups is 1. The number of nitrogens with zero attached hydrogens (tertiary/aromatic N) is 1. The summed E-state index contributed by atoms with van der Waals surface area (Å²) in [6, 6.07) is 4.21. The molecule has 0 radical (unpaired) electrons. The van der Waals surface area contributed by atoms with Crippen LogP contribution >= 0.6 is 11.3 Å². The van der Waals surface area contributed by atoms with E-state index in [1.54, 1.807) is 11.3 Å². The van der Waals surface area contributed by atoms with Gasteiger partial charge in [-0.05, 0) is 55.6 Å². The number of piperidine rings is 1. The van der Waals surface area contributed by atoms with Crippen molar-refractivity contribution in [2.24, 2.45) is 11.8 Å². The zero-order valence-electron chi connectivity index (χ0n) is 12.6. The number of hydrogen-bond donors (Lipinski definition) is 1. The molecular weight excluding hydrogens is 268 g/mol. The fraction of sp³-hybridized carbons (Fsp3) is 0.688. The smallest absolute Gasteiger partial charge is 0.222 e. The van der Waals surface area contributed by atoms with Crippen molar-refractivity contribution in [3.8, 4) is 0 Å². The fourth-order valence-corrected chi connectivity index (χ4v) is 3.57. The van der Waals surface area contributed by atoms with E-state index in [9.17, 15) is 4.79 Å². The molecule has 0 saturated carbocycles. The molecule has 0 spiro atoms. The summed E-state index contributed by atoms with van der Waals surface area (Å²) in [7, 11) is 1.94. The summed E-state index contributed by atoms with van der Waals surface area (Å²) in [5, 5.41) is 5.48. The monoisotopic (exact) mass is 294 g/mol. The van der Waals surface area contributed by atoms with Crippen molar-refractivity contribution < 1.29 is 4.79 Å². The maximum Gasteiger partial charge on any atom is 0.222 e. The van der Waals surface area contributed by atoms with Crippen LogP contribution < -0.4 is 5.32 Å². The van der Waals surface area contributed by atoms with Crippen LogP contribution in [0.25, 0.3) is 0 Å². The molecule has 1 unspecified atom stereocenters. The highest BCUT2D eigenvalue weighted by molar-refractivity contribution is 7.09. The van der Waals surface area contributed by atoms with E-state index in [0.29, 0.717) is 24.2 Å². The number of nitrogens with one attached hydrogen (secondary N) is 1. The molecule has 0 aliphatic carbocycles. The summed E-state index contributed by atoms with van der Waals surface area (Å²) >= 11 is 1.77. The van der Waals surface area contributed by atoms with Gasteiger partial charge in [-0.15, -0.1) is 11.3 Å². The van der Waals surface area contributed by atoms with Crippen LogP contribution in [0.1, 0.15) is 31.1 Å². The Hall–Kier alpha value is -0.870. The average molecular weight is 294 g/mol. The van der Waals surface area contributed by atoms with Gasteiger partial charge in [0.15, 0.2) is 0 Å². The van der Waals surface area contributed by atoms with Gasteiger partial charge < -0.3 is 10.2 Å². The molecule has 2 rings (SSSR count). The number of rotatable bonds is 6. The predicted molar refractivity (Wildman–Crippen MR) is 85.0 cm³/mol. The van der Waals surface area contributed by atoms with Crippen LogP contribution in [0, 0.1) is 11.8 Å². The Kier molecular flexibility index (Phi) is 6.05. The zero-order chi connectivity index (χ0) is 14.4. The second kappa shape index (κ2) is 7.79. The molecular formula is C16H26N2OS. The summed E-state index contributed by atoms with van der Waals surface area (Å²) in [6.45, 7) is 5.29. The molecule has 1 amide bonds. The van der Waals surface area contributed by atoms with Gasteiger partial charge in [-0.25, -0.2) is 0 Å². The first-order valence-electron chi connectivity index (χ1n) is 7.64. The van der Waals surface area contributed by atoms with Crippen molar-refractivity contribution in [1.29, 1.82) is 0 Å². The summed E-state index contributed by atoms with van der Waals surface area (Å²) < 4.78 is 0. The molecule has 1 aliphatic rings. The molecule has 1 aromatic rings. The molecule has 0 aromatic carbocycles. The lowest BCUT2D eigenvalue weighted by Gasteiger charge is -2.29. The summed E-state index contributed by atoms with van der Waals surface area (Å²) in [4.78, 5) is 15.5. The van der Waals surface area contributed by atoms with Gasteiger partial charge in [0.2, 0.25) is 5.91 Å². The minimum Gasteiger partial charge on any atom is -0.345 e. The third kappa shape index (κ3) is 4.60. The first-order valence-corrected chi connectivity index (χ1v) is 8.52. The van der Waals surface area contributed by atoms with Crippen LogP contribution in [0.15, 0.2) is 17.5 Å². The normalized spacial score (nSPS) is 17.9. The second-order valence-electron chi connectivity index (χ2n) is 5.91. The third-order valence-electron chi connectivity index (χ3n) is 4.38. The third-order valence-corrected chi connectivity index (χ3v) is 5.32. The summed E-state index contributed by atoms with van der Waals surface area (Å²) in [6.07, 6.45) is 4.11. The van der Waals surface area contributed by atoms with Crippen LogP contribution in [-0.4, -0.2) is 37.5 Å². The highest BCUT2D eigenvalue weighted by Crippen LogP contribution is 2.24. The molecule has 1 saturated heterocycles. The van der Waals surface area contributed by atoms with Gasteiger partial charge in [0, 0.05) is 24.9 Å². The van der Waals surface area contributed by atoms with Gasteiger partial charge in [-0.1, -0.05) is 13.0 Å². The molecule has 0 bridgehead atoms. The van der Waals surface area contributed by atoms with E-state index in [4.69, 9.17) is 0 Å². The van der Waals surface area contributed by atoms with Crippen LogP contribution in [0.4, 0.5) is 0 Å². The highest BCUT2D eigenvalue weighted by atomic mass is 32.1. The maximum atomic E-state index is 12.3. The number of likely N-dealkylation sites (N-methyl/N-ethyl adjacent to an activating group) is 1. The van der Waals surface area contributed by atoms with Gasteiger partial charge in [0.05, 0.1) is 0 Å². The van der Waals surface area contributed by atoms with E-state index < -0.39 is 0 Å². The van der Waals surface area contributed by atoms with Crippen molar-refractivity contribution in [1.82, 2.24) is 10.2 Å². The van der Waals surface area contributed by atoms with Crippen LogP contribution in [-0.2, 0) is 11.2 Å². The van der Waals surface area contributed by atoms with E-state index in [0.717, 1.165) is 26.1 Å². The molecule has 1 N–H and O–H groups in total.